The Balaban J connectivity index is 0.00000261. The molecule has 8 heteroatoms. The van der Waals surface area contributed by atoms with E-state index in [9.17, 15) is 0 Å². The molecule has 0 spiro atoms. The molecule has 0 aliphatic carbocycles. The van der Waals surface area contributed by atoms with Crippen molar-refractivity contribution in [1.82, 2.24) is 14.8 Å². The summed E-state index contributed by atoms with van der Waals surface area (Å²) in [4.78, 5) is 8.82. The second-order valence-corrected chi connectivity index (χ2v) is 5.89. The first kappa shape index (κ1) is 20.7. The normalized spacial score (nSPS) is 11.0. The van der Waals surface area contributed by atoms with Gasteiger partial charge in [0.25, 0.3) is 0 Å². The predicted molar refractivity (Wildman–Crippen MR) is 118 cm³/mol. The molecule has 0 bridgehead atoms. The van der Waals surface area contributed by atoms with E-state index < -0.39 is 0 Å². The van der Waals surface area contributed by atoms with Crippen molar-refractivity contribution in [2.24, 2.45) is 10.7 Å². The lowest BCUT2D eigenvalue weighted by atomic mass is 10.3. The van der Waals surface area contributed by atoms with Crippen LogP contribution in [0.4, 0.5) is 5.69 Å². The molecule has 0 saturated heterocycles. The first-order chi connectivity index (χ1) is 12.6. The lowest BCUT2D eigenvalue weighted by Gasteiger charge is -2.10. The number of benzene rings is 1. The number of hydrogen-bond donors (Lipinski definition) is 2. The predicted octanol–water partition coefficient (Wildman–Crippen LogP) is 3.44. The van der Waals surface area contributed by atoms with Crippen molar-refractivity contribution in [2.75, 3.05) is 12.4 Å². The van der Waals surface area contributed by atoms with Crippen molar-refractivity contribution in [3.05, 3.63) is 65.6 Å². The van der Waals surface area contributed by atoms with Gasteiger partial charge in [-0.15, -0.1) is 24.0 Å². The Morgan fingerprint density at radius 2 is 2.00 bits per heavy atom. The Hall–Kier alpha value is -2.62. The minimum Gasteiger partial charge on any atom is -0.495 e. The highest BCUT2D eigenvalue weighted by atomic mass is 127. The van der Waals surface area contributed by atoms with Gasteiger partial charge < -0.3 is 15.8 Å². The first-order valence-electron chi connectivity index (χ1n) is 8.25. The number of para-hydroxylation sites is 2. The summed E-state index contributed by atoms with van der Waals surface area (Å²) in [6, 6.07) is 13.5. The fourth-order valence-corrected chi connectivity index (χ4v) is 2.60. The number of aliphatic imine (C=N–C) groups is 1. The minimum atomic E-state index is 0. The van der Waals surface area contributed by atoms with Crippen LogP contribution in [0.2, 0.25) is 0 Å². The van der Waals surface area contributed by atoms with Gasteiger partial charge in [0.2, 0.25) is 0 Å². The number of hydrogen-bond acceptors (Lipinski definition) is 4. The van der Waals surface area contributed by atoms with E-state index in [0.717, 1.165) is 28.5 Å². The van der Waals surface area contributed by atoms with Crippen LogP contribution in [-0.2, 0) is 6.54 Å². The maximum absolute atomic E-state index is 5.97. The van der Waals surface area contributed by atoms with Crippen LogP contribution in [0, 0.1) is 13.8 Å². The van der Waals surface area contributed by atoms with E-state index in [1.165, 1.54) is 0 Å². The molecule has 3 aromatic rings. The van der Waals surface area contributed by atoms with E-state index in [2.05, 4.69) is 20.4 Å². The summed E-state index contributed by atoms with van der Waals surface area (Å²) in [5, 5.41) is 7.48. The van der Waals surface area contributed by atoms with Crippen molar-refractivity contribution in [3.63, 3.8) is 0 Å². The molecule has 0 fully saturated rings. The molecule has 7 nitrogen and oxygen atoms in total. The number of pyridine rings is 1. The Morgan fingerprint density at radius 3 is 2.63 bits per heavy atom. The van der Waals surface area contributed by atoms with Gasteiger partial charge in [0.05, 0.1) is 25.0 Å². The highest BCUT2D eigenvalue weighted by molar-refractivity contribution is 14.0. The fraction of sp³-hybridized carbons (Fsp3) is 0.211. The summed E-state index contributed by atoms with van der Waals surface area (Å²) >= 11 is 0. The number of aryl methyl sites for hydroxylation is 2. The first-order valence-corrected chi connectivity index (χ1v) is 8.25. The zero-order chi connectivity index (χ0) is 18.5. The molecule has 0 atom stereocenters. The lowest BCUT2D eigenvalue weighted by Crippen LogP contribution is -2.22. The van der Waals surface area contributed by atoms with Crippen LogP contribution in [0.25, 0.3) is 5.82 Å². The van der Waals surface area contributed by atoms with Crippen LogP contribution in [-0.4, -0.2) is 27.8 Å². The molecule has 0 saturated carbocycles. The van der Waals surface area contributed by atoms with Gasteiger partial charge in [-0.3, -0.25) is 0 Å². The summed E-state index contributed by atoms with van der Waals surface area (Å²) in [7, 11) is 1.61. The Morgan fingerprint density at radius 1 is 1.22 bits per heavy atom. The van der Waals surface area contributed by atoms with E-state index in [1.54, 1.807) is 13.3 Å². The van der Waals surface area contributed by atoms with Crippen LogP contribution in [0.1, 0.15) is 17.0 Å². The molecule has 0 unspecified atom stereocenters. The van der Waals surface area contributed by atoms with Gasteiger partial charge in [0, 0.05) is 11.9 Å². The largest absolute Gasteiger partial charge is 0.495 e. The molecule has 27 heavy (non-hydrogen) atoms. The topological polar surface area (TPSA) is 90.3 Å². The van der Waals surface area contributed by atoms with Crippen molar-refractivity contribution >= 4 is 35.6 Å². The van der Waals surface area contributed by atoms with Crippen molar-refractivity contribution < 1.29 is 4.74 Å². The number of nitrogens with two attached hydrogens (primary N) is 1. The van der Waals surface area contributed by atoms with Gasteiger partial charge >= 0.3 is 0 Å². The average Bonchev–Trinajstić information content (AvgIpc) is 2.99. The fourth-order valence-electron chi connectivity index (χ4n) is 2.60. The van der Waals surface area contributed by atoms with E-state index in [-0.39, 0.29) is 24.0 Å². The number of aromatic nitrogens is 3. The number of methoxy groups -OCH3 is 1. The van der Waals surface area contributed by atoms with Crippen LogP contribution < -0.4 is 15.8 Å². The van der Waals surface area contributed by atoms with Crippen molar-refractivity contribution in [2.45, 2.75) is 20.4 Å². The third kappa shape index (κ3) is 5.19. The molecule has 0 radical (unpaired) electrons. The van der Waals surface area contributed by atoms with E-state index in [0.29, 0.717) is 18.3 Å². The van der Waals surface area contributed by atoms with Crippen LogP contribution in [0.3, 0.4) is 0 Å². The minimum absolute atomic E-state index is 0. The molecule has 3 N–H and O–H groups in total. The van der Waals surface area contributed by atoms with Crippen LogP contribution in [0.15, 0.2) is 53.7 Å². The number of ether oxygens (including phenoxy) is 1. The summed E-state index contributed by atoms with van der Waals surface area (Å²) in [6.45, 7) is 4.40. The van der Waals surface area contributed by atoms with E-state index in [1.807, 2.05) is 61.0 Å². The zero-order valence-electron chi connectivity index (χ0n) is 15.5. The van der Waals surface area contributed by atoms with Gasteiger partial charge in [-0.25, -0.2) is 14.7 Å². The summed E-state index contributed by atoms with van der Waals surface area (Å²) in [5.41, 5.74) is 9.71. The Labute approximate surface area is 175 Å². The van der Waals surface area contributed by atoms with Crippen molar-refractivity contribution in [1.29, 1.82) is 0 Å². The highest BCUT2D eigenvalue weighted by Gasteiger charge is 2.05. The quantitative estimate of drug-likeness (QED) is 0.333. The molecule has 1 aromatic carbocycles. The molecule has 3 rings (SSSR count). The number of guanidine groups is 1. The lowest BCUT2D eigenvalue weighted by molar-refractivity contribution is 0.417. The van der Waals surface area contributed by atoms with Gasteiger partial charge in [0.1, 0.15) is 5.75 Å². The zero-order valence-corrected chi connectivity index (χ0v) is 17.8. The van der Waals surface area contributed by atoms with E-state index in [4.69, 9.17) is 10.5 Å². The summed E-state index contributed by atoms with van der Waals surface area (Å²) in [6.07, 6.45) is 1.78. The maximum Gasteiger partial charge on any atom is 0.193 e. The van der Waals surface area contributed by atoms with E-state index >= 15 is 0 Å². The summed E-state index contributed by atoms with van der Waals surface area (Å²) < 4.78 is 7.10. The Kier molecular flexibility index (Phi) is 7.17. The van der Waals surface area contributed by atoms with Gasteiger partial charge in [-0.2, -0.15) is 5.10 Å². The molecule has 2 heterocycles. The summed E-state index contributed by atoms with van der Waals surface area (Å²) in [5.74, 6) is 1.81. The third-order valence-corrected chi connectivity index (χ3v) is 3.84. The van der Waals surface area contributed by atoms with Gasteiger partial charge in [-0.05, 0) is 43.7 Å². The standard InChI is InChI=1S/C19H22N6O.HI/c1-13-10-14(2)25(24-13)18-9-8-15(11-21-18)12-22-19(20)23-16-6-4-5-7-17(16)26-3;/h4-11H,12H2,1-3H3,(H3,20,22,23);1H. The third-order valence-electron chi connectivity index (χ3n) is 3.84. The number of halogens is 1. The molecule has 0 aliphatic rings. The number of anilines is 1. The highest BCUT2D eigenvalue weighted by Crippen LogP contribution is 2.22. The van der Waals surface area contributed by atoms with Crippen LogP contribution >= 0.6 is 24.0 Å². The maximum atomic E-state index is 5.97. The second-order valence-electron chi connectivity index (χ2n) is 5.89. The monoisotopic (exact) mass is 478 g/mol. The van der Waals surface area contributed by atoms with Gasteiger partial charge in [0.15, 0.2) is 11.8 Å². The molecule has 0 amide bonds. The molecule has 0 aliphatic heterocycles. The molecular formula is C19H23IN6O. The van der Waals surface area contributed by atoms with Gasteiger partial charge in [-0.1, -0.05) is 18.2 Å². The Bertz CT molecular complexity index is 920. The number of nitrogens with one attached hydrogen (secondary N) is 1. The number of nitrogens with zero attached hydrogens (tertiary/aromatic N) is 4. The molecule has 2 aromatic heterocycles. The smallest absolute Gasteiger partial charge is 0.193 e. The molecular weight excluding hydrogens is 455 g/mol. The molecule has 142 valence electrons. The average molecular weight is 478 g/mol. The van der Waals surface area contributed by atoms with Crippen LogP contribution in [0.5, 0.6) is 5.75 Å². The number of rotatable bonds is 5. The SMILES string of the molecule is COc1ccccc1NC(N)=NCc1ccc(-n2nc(C)cc2C)nc1.I. The second kappa shape index (κ2) is 9.36. The van der Waals surface area contributed by atoms with Crippen molar-refractivity contribution in [3.8, 4) is 11.6 Å².